The predicted molar refractivity (Wildman–Crippen MR) is 148 cm³/mol. The molecule has 2 aliphatic heterocycles. The van der Waals surface area contributed by atoms with Gasteiger partial charge in [0.15, 0.2) is 23.0 Å². The van der Waals surface area contributed by atoms with Crippen LogP contribution in [0.15, 0.2) is 53.4 Å². The highest BCUT2D eigenvalue weighted by atomic mass is 35.5. The maximum atomic E-state index is 13.1. The topological polar surface area (TPSA) is 91.4 Å². The molecule has 0 aromatic heterocycles. The lowest BCUT2D eigenvalue weighted by atomic mass is 10.1. The Kier molecular flexibility index (Phi) is 7.95. The van der Waals surface area contributed by atoms with Crippen molar-refractivity contribution in [3.8, 4) is 23.0 Å². The number of rotatable bonds is 7. The molecule has 0 bridgehead atoms. The molecule has 2 amide bonds. The molecule has 3 aromatic carbocycles. The number of thioether (sulfide) groups is 1. The van der Waals surface area contributed by atoms with Gasteiger partial charge in [0, 0.05) is 11.1 Å². The van der Waals surface area contributed by atoms with E-state index in [4.69, 9.17) is 53.8 Å². The summed E-state index contributed by atoms with van der Waals surface area (Å²) >= 11 is 19.7. The van der Waals surface area contributed by atoms with E-state index in [0.29, 0.717) is 27.6 Å². The van der Waals surface area contributed by atoms with Crippen LogP contribution < -0.4 is 18.9 Å². The second-order valence-corrected chi connectivity index (χ2v) is 10.4. The summed E-state index contributed by atoms with van der Waals surface area (Å²) in [5.41, 5.74) is 1.17. The van der Waals surface area contributed by atoms with Crippen molar-refractivity contribution < 1.29 is 33.3 Å². The monoisotopic (exact) mass is 605 g/mol. The molecule has 200 valence electrons. The number of fused-ring (bicyclic) bond motifs is 1. The van der Waals surface area contributed by atoms with Crippen molar-refractivity contribution in [2.24, 2.45) is 0 Å². The van der Waals surface area contributed by atoms with E-state index in [1.54, 1.807) is 43.3 Å². The Bertz CT molecular complexity index is 1540. The molecule has 5 rings (SSSR count). The minimum atomic E-state index is -0.709. The van der Waals surface area contributed by atoms with Crippen molar-refractivity contribution in [2.45, 2.75) is 13.5 Å². The van der Waals surface area contributed by atoms with Crippen LogP contribution in [0.25, 0.3) is 6.08 Å². The first-order chi connectivity index (χ1) is 18.7. The Labute approximate surface area is 242 Å². The van der Waals surface area contributed by atoms with Gasteiger partial charge in [0.05, 0.1) is 33.7 Å². The summed E-state index contributed by atoms with van der Waals surface area (Å²) in [5, 5.41) is 0.184. The highest BCUT2D eigenvalue weighted by Crippen LogP contribution is 2.41. The van der Waals surface area contributed by atoms with Crippen LogP contribution >= 0.6 is 46.6 Å². The van der Waals surface area contributed by atoms with Gasteiger partial charge in [0.25, 0.3) is 11.1 Å². The lowest BCUT2D eigenvalue weighted by Crippen LogP contribution is -2.27. The standard InChI is InChI=1S/C27H18Cl3NO7S/c1-2-35-22-8-14(7-19(30)24(22)38-26(33)16-5-3-4-6-17(16)28)9-23-25(32)31(27(34)39-23)12-15-10-20-21(11-18(15)29)37-13-36-20/h3-11H,2,12-13H2,1H3/b23-9-. The number of carbonyl (C=O) groups is 3. The Morgan fingerprint density at radius 2 is 1.77 bits per heavy atom. The van der Waals surface area contributed by atoms with Crippen molar-refractivity contribution in [1.82, 2.24) is 4.90 Å². The fourth-order valence-electron chi connectivity index (χ4n) is 3.85. The molecule has 0 unspecified atom stereocenters. The molecule has 0 N–H and O–H groups in total. The molecule has 2 heterocycles. The van der Waals surface area contributed by atoms with E-state index >= 15 is 0 Å². The molecule has 3 aromatic rings. The summed E-state index contributed by atoms with van der Waals surface area (Å²) in [4.78, 5) is 39.8. The number of halogens is 3. The van der Waals surface area contributed by atoms with E-state index in [2.05, 4.69) is 0 Å². The first-order valence-corrected chi connectivity index (χ1v) is 13.5. The maximum absolute atomic E-state index is 13.1. The van der Waals surface area contributed by atoms with Gasteiger partial charge in [0.1, 0.15) is 0 Å². The molecule has 8 nitrogen and oxygen atoms in total. The molecular weight excluding hydrogens is 589 g/mol. The molecule has 0 radical (unpaired) electrons. The van der Waals surface area contributed by atoms with E-state index in [0.717, 1.165) is 16.7 Å². The van der Waals surface area contributed by atoms with Gasteiger partial charge < -0.3 is 18.9 Å². The lowest BCUT2D eigenvalue weighted by molar-refractivity contribution is -0.123. The minimum Gasteiger partial charge on any atom is -0.490 e. The van der Waals surface area contributed by atoms with E-state index in [1.807, 2.05) is 0 Å². The first-order valence-electron chi connectivity index (χ1n) is 11.5. The van der Waals surface area contributed by atoms with Gasteiger partial charge in [-0.25, -0.2) is 4.79 Å². The largest absolute Gasteiger partial charge is 0.490 e. The number of benzene rings is 3. The second kappa shape index (κ2) is 11.4. The van der Waals surface area contributed by atoms with Crippen LogP contribution in [-0.4, -0.2) is 35.4 Å². The van der Waals surface area contributed by atoms with Crippen molar-refractivity contribution in [3.05, 3.63) is 85.2 Å². The number of carbonyl (C=O) groups excluding carboxylic acids is 3. The quantitative estimate of drug-likeness (QED) is 0.158. The lowest BCUT2D eigenvalue weighted by Gasteiger charge is -2.14. The number of nitrogens with zero attached hydrogens (tertiary/aromatic N) is 1. The number of ether oxygens (including phenoxy) is 4. The Morgan fingerprint density at radius 1 is 1.03 bits per heavy atom. The SMILES string of the molecule is CCOc1cc(/C=C2\SC(=O)N(Cc3cc4c(cc3Cl)OCO4)C2=O)cc(Cl)c1OC(=O)c1ccccc1Cl. The molecule has 39 heavy (non-hydrogen) atoms. The molecule has 1 fully saturated rings. The zero-order valence-corrected chi connectivity index (χ0v) is 23.2. The second-order valence-electron chi connectivity index (χ2n) is 8.20. The molecule has 0 saturated carbocycles. The van der Waals surface area contributed by atoms with Gasteiger partial charge >= 0.3 is 5.97 Å². The van der Waals surface area contributed by atoms with Crippen molar-refractivity contribution in [3.63, 3.8) is 0 Å². The van der Waals surface area contributed by atoms with Gasteiger partial charge in [-0.3, -0.25) is 14.5 Å². The van der Waals surface area contributed by atoms with Gasteiger partial charge in [-0.1, -0.05) is 46.9 Å². The number of esters is 1. The number of hydrogen-bond acceptors (Lipinski definition) is 8. The van der Waals surface area contributed by atoms with Crippen LogP contribution in [0.5, 0.6) is 23.0 Å². The highest BCUT2D eigenvalue weighted by molar-refractivity contribution is 8.18. The van der Waals surface area contributed by atoms with Crippen LogP contribution in [0.4, 0.5) is 4.79 Å². The van der Waals surface area contributed by atoms with Crippen LogP contribution in [-0.2, 0) is 11.3 Å². The number of amides is 2. The van der Waals surface area contributed by atoms with Crippen molar-refractivity contribution in [2.75, 3.05) is 13.4 Å². The van der Waals surface area contributed by atoms with Crippen LogP contribution in [0.3, 0.4) is 0 Å². The zero-order valence-electron chi connectivity index (χ0n) is 20.2. The summed E-state index contributed by atoms with van der Waals surface area (Å²) in [7, 11) is 0. The van der Waals surface area contributed by atoms with Crippen molar-refractivity contribution in [1.29, 1.82) is 0 Å². The Morgan fingerprint density at radius 3 is 2.51 bits per heavy atom. The van der Waals surface area contributed by atoms with Crippen LogP contribution in [0.2, 0.25) is 15.1 Å². The highest BCUT2D eigenvalue weighted by Gasteiger charge is 2.36. The maximum Gasteiger partial charge on any atom is 0.345 e. The fourth-order valence-corrected chi connectivity index (χ4v) is 5.37. The van der Waals surface area contributed by atoms with E-state index < -0.39 is 17.1 Å². The Balaban J connectivity index is 1.39. The average molecular weight is 607 g/mol. The number of hydrogen-bond donors (Lipinski definition) is 0. The number of imide groups is 1. The third-order valence-corrected chi connectivity index (χ3v) is 7.53. The summed E-state index contributed by atoms with van der Waals surface area (Å²) in [6.45, 7) is 2.04. The zero-order chi connectivity index (χ0) is 27.7. The molecule has 0 spiro atoms. The molecule has 2 aliphatic rings. The molecule has 12 heteroatoms. The third-order valence-electron chi connectivity index (χ3n) is 5.66. The minimum absolute atomic E-state index is 0.00569. The predicted octanol–water partition coefficient (Wildman–Crippen LogP) is 7.23. The van der Waals surface area contributed by atoms with E-state index in [-0.39, 0.29) is 52.0 Å². The van der Waals surface area contributed by atoms with Gasteiger partial charge in [-0.05, 0) is 66.2 Å². The Hall–Kier alpha value is -3.37. The molecule has 0 atom stereocenters. The van der Waals surface area contributed by atoms with Gasteiger partial charge in [-0.15, -0.1) is 0 Å². The summed E-state index contributed by atoms with van der Waals surface area (Å²) < 4.78 is 21.8. The summed E-state index contributed by atoms with van der Waals surface area (Å²) in [6.07, 6.45) is 1.51. The first kappa shape index (κ1) is 27.2. The summed E-state index contributed by atoms with van der Waals surface area (Å²) in [6, 6.07) is 12.7. The van der Waals surface area contributed by atoms with Crippen molar-refractivity contribution >= 4 is 69.8 Å². The molecule has 1 saturated heterocycles. The van der Waals surface area contributed by atoms with E-state index in [9.17, 15) is 14.4 Å². The van der Waals surface area contributed by atoms with Crippen LogP contribution in [0.1, 0.15) is 28.4 Å². The smallest absolute Gasteiger partial charge is 0.345 e. The molecule has 0 aliphatic carbocycles. The third kappa shape index (κ3) is 5.67. The summed E-state index contributed by atoms with van der Waals surface area (Å²) in [5.74, 6) is -0.0261. The molecular formula is C27H18Cl3NO7S. The van der Waals surface area contributed by atoms with Gasteiger partial charge in [0.2, 0.25) is 6.79 Å². The van der Waals surface area contributed by atoms with E-state index in [1.165, 1.54) is 18.2 Å². The fraction of sp³-hybridized carbons (Fsp3) is 0.148. The normalized spacial score (nSPS) is 15.3. The van der Waals surface area contributed by atoms with Crippen LogP contribution in [0, 0.1) is 0 Å². The average Bonchev–Trinajstić information content (AvgIpc) is 3.45. The van der Waals surface area contributed by atoms with Gasteiger partial charge in [-0.2, -0.15) is 0 Å².